The van der Waals surface area contributed by atoms with Crippen molar-refractivity contribution in [2.24, 2.45) is 10.9 Å². The maximum Gasteiger partial charge on any atom is 0.193 e. The molecule has 0 saturated carbocycles. The van der Waals surface area contributed by atoms with Gasteiger partial charge < -0.3 is 15.0 Å². The van der Waals surface area contributed by atoms with Crippen LogP contribution in [0, 0.1) is 5.92 Å². The Morgan fingerprint density at radius 3 is 3.04 bits per heavy atom. The number of aliphatic imine (C=N–C) groups is 1. The Hall–Kier alpha value is -0.790. The van der Waals surface area contributed by atoms with Gasteiger partial charge >= 0.3 is 0 Å². The van der Waals surface area contributed by atoms with Gasteiger partial charge in [0.25, 0.3) is 0 Å². The molecule has 0 radical (unpaired) electrons. The maximum atomic E-state index is 5.42. The highest BCUT2D eigenvalue weighted by molar-refractivity contribution is 8.00. The van der Waals surface area contributed by atoms with Crippen LogP contribution < -0.4 is 5.32 Å². The van der Waals surface area contributed by atoms with Gasteiger partial charge in [0.15, 0.2) is 5.96 Å². The molecule has 0 amide bonds. The van der Waals surface area contributed by atoms with E-state index in [2.05, 4.69) is 27.2 Å². The van der Waals surface area contributed by atoms with Crippen LogP contribution in [0.5, 0.6) is 0 Å². The Bertz CT molecular complexity index is 447. The van der Waals surface area contributed by atoms with Crippen LogP contribution in [0.2, 0.25) is 0 Å². The van der Waals surface area contributed by atoms with Crippen LogP contribution in [0.25, 0.3) is 0 Å². The SMILES string of the molecule is CN=C(NCCCSc1nccs1)N(C)CCC1CCOCC1. The summed E-state index contributed by atoms with van der Waals surface area (Å²) in [5, 5.41) is 5.48. The Morgan fingerprint density at radius 1 is 1.52 bits per heavy atom. The van der Waals surface area contributed by atoms with Crippen LogP contribution in [0.1, 0.15) is 25.7 Å². The van der Waals surface area contributed by atoms with Crippen LogP contribution in [-0.4, -0.2) is 62.0 Å². The maximum absolute atomic E-state index is 5.42. The van der Waals surface area contributed by atoms with Gasteiger partial charge in [0.05, 0.1) is 0 Å². The molecule has 130 valence electrons. The summed E-state index contributed by atoms with van der Waals surface area (Å²) in [5.74, 6) is 2.89. The van der Waals surface area contributed by atoms with Crippen molar-refractivity contribution in [1.29, 1.82) is 0 Å². The molecule has 1 fully saturated rings. The summed E-state index contributed by atoms with van der Waals surface area (Å²) in [6, 6.07) is 0. The summed E-state index contributed by atoms with van der Waals surface area (Å²) in [6.07, 6.45) is 6.60. The smallest absolute Gasteiger partial charge is 0.193 e. The van der Waals surface area contributed by atoms with Crippen molar-refractivity contribution in [3.05, 3.63) is 11.6 Å². The van der Waals surface area contributed by atoms with E-state index in [1.54, 1.807) is 11.3 Å². The minimum atomic E-state index is 0.805. The summed E-state index contributed by atoms with van der Waals surface area (Å²) in [6.45, 7) is 3.86. The van der Waals surface area contributed by atoms with Gasteiger partial charge in [-0.1, -0.05) is 11.8 Å². The second-order valence-electron chi connectivity index (χ2n) is 5.74. The number of hydrogen-bond donors (Lipinski definition) is 1. The van der Waals surface area contributed by atoms with Gasteiger partial charge in [-0.3, -0.25) is 4.99 Å². The van der Waals surface area contributed by atoms with E-state index in [-0.39, 0.29) is 0 Å². The first-order chi connectivity index (χ1) is 11.3. The zero-order chi connectivity index (χ0) is 16.3. The lowest BCUT2D eigenvalue weighted by atomic mass is 9.96. The quantitative estimate of drug-likeness (QED) is 0.336. The second kappa shape index (κ2) is 10.9. The number of nitrogens with zero attached hydrogens (tertiary/aromatic N) is 3. The number of hydrogen-bond acceptors (Lipinski definition) is 5. The van der Waals surface area contributed by atoms with E-state index in [1.165, 1.54) is 19.3 Å². The second-order valence-corrected chi connectivity index (χ2v) is 7.98. The Balaban J connectivity index is 1.57. The summed E-state index contributed by atoms with van der Waals surface area (Å²) in [7, 11) is 3.98. The third-order valence-electron chi connectivity index (χ3n) is 4.03. The van der Waals surface area contributed by atoms with Crippen LogP contribution in [0.4, 0.5) is 0 Å². The molecule has 1 saturated heterocycles. The Kier molecular flexibility index (Phi) is 8.78. The lowest BCUT2D eigenvalue weighted by Gasteiger charge is -2.26. The molecule has 23 heavy (non-hydrogen) atoms. The number of rotatable bonds is 8. The predicted octanol–water partition coefficient (Wildman–Crippen LogP) is 2.95. The minimum absolute atomic E-state index is 0.805. The molecule has 0 atom stereocenters. The number of aromatic nitrogens is 1. The largest absolute Gasteiger partial charge is 0.381 e. The summed E-state index contributed by atoms with van der Waals surface area (Å²) < 4.78 is 6.58. The Morgan fingerprint density at radius 2 is 2.35 bits per heavy atom. The molecule has 0 bridgehead atoms. The van der Waals surface area contributed by atoms with E-state index in [1.807, 2.05) is 30.4 Å². The van der Waals surface area contributed by atoms with Crippen LogP contribution in [0.3, 0.4) is 0 Å². The van der Waals surface area contributed by atoms with Crippen LogP contribution in [0.15, 0.2) is 20.9 Å². The zero-order valence-electron chi connectivity index (χ0n) is 14.2. The van der Waals surface area contributed by atoms with Gasteiger partial charge in [0.2, 0.25) is 0 Å². The molecule has 0 aromatic carbocycles. The molecule has 0 aliphatic carbocycles. The molecular formula is C16H28N4OS2. The van der Waals surface area contributed by atoms with Crippen molar-refractivity contribution in [2.45, 2.75) is 30.0 Å². The molecular weight excluding hydrogens is 328 g/mol. The topological polar surface area (TPSA) is 49.8 Å². The third kappa shape index (κ3) is 7.10. The van der Waals surface area contributed by atoms with E-state index >= 15 is 0 Å². The van der Waals surface area contributed by atoms with Gasteiger partial charge in [-0.05, 0) is 31.6 Å². The van der Waals surface area contributed by atoms with E-state index in [9.17, 15) is 0 Å². The lowest BCUT2D eigenvalue weighted by Crippen LogP contribution is -2.40. The molecule has 1 aromatic rings. The van der Waals surface area contributed by atoms with Crippen molar-refractivity contribution in [3.63, 3.8) is 0 Å². The van der Waals surface area contributed by atoms with Crippen LogP contribution >= 0.6 is 23.1 Å². The fourth-order valence-electron chi connectivity index (χ4n) is 2.62. The predicted molar refractivity (Wildman–Crippen MR) is 99.6 cm³/mol. The van der Waals surface area contributed by atoms with E-state index in [4.69, 9.17) is 4.74 Å². The van der Waals surface area contributed by atoms with Gasteiger partial charge in [0.1, 0.15) is 4.34 Å². The molecule has 1 N–H and O–H groups in total. The van der Waals surface area contributed by atoms with Gasteiger partial charge in [-0.2, -0.15) is 0 Å². The highest BCUT2D eigenvalue weighted by atomic mass is 32.2. The van der Waals surface area contributed by atoms with Gasteiger partial charge in [-0.25, -0.2) is 4.98 Å². The number of thiazole rings is 1. The molecule has 0 unspecified atom stereocenters. The van der Waals surface area contributed by atoms with E-state index in [0.717, 1.165) is 54.7 Å². The monoisotopic (exact) mass is 356 g/mol. The van der Waals surface area contributed by atoms with Crippen LogP contribution in [-0.2, 0) is 4.74 Å². The standard InChI is InChI=1S/C16H28N4OS2/c1-17-15(18-7-3-12-22-16-19-8-13-23-16)20(2)9-4-14-5-10-21-11-6-14/h8,13-14H,3-7,9-12H2,1-2H3,(H,17,18). The molecule has 7 heteroatoms. The first-order valence-electron chi connectivity index (χ1n) is 8.31. The van der Waals surface area contributed by atoms with Gasteiger partial charge in [-0.15, -0.1) is 11.3 Å². The minimum Gasteiger partial charge on any atom is -0.381 e. The third-order valence-corrected chi connectivity index (χ3v) is 6.08. The fraction of sp³-hybridized carbons (Fsp3) is 0.750. The number of ether oxygens (including phenoxy) is 1. The molecule has 1 aliphatic rings. The summed E-state index contributed by atoms with van der Waals surface area (Å²) in [4.78, 5) is 10.9. The molecule has 5 nitrogen and oxygen atoms in total. The summed E-state index contributed by atoms with van der Waals surface area (Å²) in [5.41, 5.74) is 0. The molecule has 1 aromatic heterocycles. The summed E-state index contributed by atoms with van der Waals surface area (Å²) >= 11 is 3.53. The highest BCUT2D eigenvalue weighted by Crippen LogP contribution is 2.20. The van der Waals surface area contributed by atoms with Crippen molar-refractivity contribution < 1.29 is 4.74 Å². The Labute approximate surface area is 147 Å². The van der Waals surface area contributed by atoms with Crippen molar-refractivity contribution >= 4 is 29.1 Å². The number of guanidine groups is 1. The first-order valence-corrected chi connectivity index (χ1v) is 10.2. The normalized spacial score (nSPS) is 16.5. The average molecular weight is 357 g/mol. The van der Waals surface area contributed by atoms with Crippen molar-refractivity contribution in [3.8, 4) is 0 Å². The average Bonchev–Trinajstić information content (AvgIpc) is 3.10. The van der Waals surface area contributed by atoms with E-state index < -0.39 is 0 Å². The van der Waals surface area contributed by atoms with Crippen molar-refractivity contribution in [1.82, 2.24) is 15.2 Å². The lowest BCUT2D eigenvalue weighted by molar-refractivity contribution is 0.0625. The molecule has 1 aliphatic heterocycles. The van der Waals surface area contributed by atoms with E-state index in [0.29, 0.717) is 0 Å². The number of nitrogens with one attached hydrogen (secondary N) is 1. The van der Waals surface area contributed by atoms with Gasteiger partial charge in [0, 0.05) is 57.7 Å². The number of thioether (sulfide) groups is 1. The molecule has 2 heterocycles. The highest BCUT2D eigenvalue weighted by Gasteiger charge is 2.15. The fourth-order valence-corrected chi connectivity index (χ4v) is 4.26. The molecule has 0 spiro atoms. The zero-order valence-corrected chi connectivity index (χ0v) is 15.8. The van der Waals surface area contributed by atoms with Crippen molar-refractivity contribution in [2.75, 3.05) is 46.2 Å². The molecule has 2 rings (SSSR count). The first kappa shape index (κ1) is 18.5.